The molecular weight excluding hydrogens is 795 g/mol. The normalized spacial score (nSPS) is 29.9. The van der Waals surface area contributed by atoms with E-state index >= 15 is 0 Å². The van der Waals surface area contributed by atoms with Crippen molar-refractivity contribution in [1.82, 2.24) is 14.4 Å². The number of benzene rings is 1. The quantitative estimate of drug-likeness (QED) is 0.107. The van der Waals surface area contributed by atoms with E-state index in [9.17, 15) is 30.0 Å². The lowest BCUT2D eigenvalue weighted by atomic mass is 9.78. The van der Waals surface area contributed by atoms with Gasteiger partial charge in [-0.25, -0.2) is 4.98 Å². The third kappa shape index (κ3) is 9.69. The molecule has 0 spiro atoms. The third-order valence-electron chi connectivity index (χ3n) is 12.2. The zero-order chi connectivity index (χ0) is 44.8. The predicted molar refractivity (Wildman–Crippen MR) is 236 cm³/mol. The zero-order valence-electron chi connectivity index (χ0n) is 36.7. The summed E-state index contributed by atoms with van der Waals surface area (Å²) in [4.78, 5) is 31.4. The number of phenols is 1. The molecule has 1 aliphatic carbocycles. The number of hydrogen-bond acceptors (Lipinski definition) is 13. The van der Waals surface area contributed by atoms with Gasteiger partial charge in [0.15, 0.2) is 11.5 Å². The molecule has 1 aromatic carbocycles. The smallest absolute Gasteiger partial charge is 0.302 e. The number of fused-ring (bicyclic) bond motifs is 1. The monoisotopic (exact) mass is 853 g/mol. The molecule has 3 aliphatic rings. The number of aliphatic hydroxyl groups excluding tert-OH is 3. The predicted octanol–water partition coefficient (Wildman–Crippen LogP) is 4.06. The first kappa shape index (κ1) is 45.9. The molecule has 1 amide bonds. The van der Waals surface area contributed by atoms with E-state index in [0.717, 1.165) is 31.5 Å². The Morgan fingerprint density at radius 1 is 1.00 bits per heavy atom. The van der Waals surface area contributed by atoms with Crippen molar-refractivity contribution in [3.63, 3.8) is 0 Å². The van der Waals surface area contributed by atoms with E-state index in [1.165, 1.54) is 33.8 Å². The van der Waals surface area contributed by atoms with Gasteiger partial charge in [0, 0.05) is 86.0 Å². The lowest BCUT2D eigenvalue weighted by Gasteiger charge is -2.38. The second-order valence-electron chi connectivity index (χ2n) is 16.5. The molecule has 1 unspecified atom stereocenters. The minimum absolute atomic E-state index is 0.0131. The van der Waals surface area contributed by atoms with E-state index < -0.39 is 77.6 Å². The Balaban J connectivity index is 1.58. The minimum atomic E-state index is -1.08. The second kappa shape index (κ2) is 20.0. The van der Waals surface area contributed by atoms with E-state index in [0.29, 0.717) is 27.5 Å². The van der Waals surface area contributed by atoms with Crippen LogP contribution in [0.15, 0.2) is 59.6 Å². The Labute approximate surface area is 361 Å². The molecule has 2 aliphatic heterocycles. The number of nitrogens with one attached hydrogen (secondary N) is 1. The van der Waals surface area contributed by atoms with Crippen LogP contribution in [0.25, 0.3) is 28.0 Å². The number of carbonyl (C=O) groups is 2. The van der Waals surface area contributed by atoms with Crippen LogP contribution < -0.4 is 15.8 Å². The van der Waals surface area contributed by atoms with Crippen molar-refractivity contribution in [2.75, 3.05) is 39.2 Å². The highest BCUT2D eigenvalue weighted by molar-refractivity contribution is 6.10. The summed E-state index contributed by atoms with van der Waals surface area (Å²) in [5.41, 5.74) is 2.55. The topological polar surface area (TPSA) is 197 Å². The van der Waals surface area contributed by atoms with Crippen molar-refractivity contribution >= 4 is 51.8 Å². The number of carbonyl (C=O) groups excluding carboxylic acids is 2. The van der Waals surface area contributed by atoms with Crippen LogP contribution in [0.5, 0.6) is 5.75 Å². The zero-order valence-corrected chi connectivity index (χ0v) is 36.7. The number of phenolic OH excluding ortho intramolecular Hbond substituents is 1. The Morgan fingerprint density at radius 2 is 1.74 bits per heavy atom. The van der Waals surface area contributed by atoms with Gasteiger partial charge in [-0.15, -0.1) is 0 Å². The Morgan fingerprint density at radius 3 is 2.44 bits per heavy atom. The molecule has 4 heterocycles. The van der Waals surface area contributed by atoms with Gasteiger partial charge in [0.2, 0.25) is 0 Å². The van der Waals surface area contributed by atoms with Gasteiger partial charge in [-0.05, 0) is 50.3 Å². The molecule has 1 fully saturated rings. The van der Waals surface area contributed by atoms with E-state index in [2.05, 4.69) is 17.2 Å². The van der Waals surface area contributed by atoms with Crippen LogP contribution in [0.4, 0.5) is 5.69 Å². The minimum Gasteiger partial charge on any atom is -0.505 e. The molecule has 1 saturated heterocycles. The van der Waals surface area contributed by atoms with E-state index in [1.54, 1.807) is 62.6 Å². The standard InChI is InChI=1S/C47H59N5O10/c1-26-13-12-14-27(2)47(58)50-41-42-40(49-37-18-15-32(24-52(37)42)23-48-51-20-10-9-11-21-51)38-33(36(60-8)17-16-34(54)39(38)45(41)57)25-61-22-19-35(59-7)28(3)46(62-31(6)53)30(5)44(56)29(4)43(26)55/h12-15,18-19,22-24,26,28-30,35-36,43-44,46,54-57H,9-11,20-21,25H2,1-8H3,(H,50,58)/b13-12+,22-19+,27-14-,48-23+/t26-,28+,29+,30+,35-,36?,43-,44+,46+/m0/s1. The maximum Gasteiger partial charge on any atom is 0.302 e. The van der Waals surface area contributed by atoms with Crippen molar-refractivity contribution < 1.29 is 49.0 Å². The highest BCUT2D eigenvalue weighted by Gasteiger charge is 2.39. The lowest BCUT2D eigenvalue weighted by Crippen LogP contribution is -2.46. The van der Waals surface area contributed by atoms with E-state index in [1.807, 2.05) is 30.3 Å². The van der Waals surface area contributed by atoms with Gasteiger partial charge in [-0.2, -0.15) is 5.10 Å². The van der Waals surface area contributed by atoms with Crippen LogP contribution in [0.1, 0.15) is 66.4 Å². The first-order valence-electron chi connectivity index (χ1n) is 21.1. The van der Waals surface area contributed by atoms with Gasteiger partial charge in [0.25, 0.3) is 5.91 Å². The summed E-state index contributed by atoms with van der Waals surface area (Å²) in [5, 5.41) is 56.6. The number of rotatable bonds is 5. The number of aliphatic hydroxyl groups is 3. The first-order chi connectivity index (χ1) is 29.7. The van der Waals surface area contributed by atoms with E-state index in [4.69, 9.17) is 29.0 Å². The summed E-state index contributed by atoms with van der Waals surface area (Å²) >= 11 is 0. The number of allylic oxidation sites excluding steroid dienone is 2. The number of methoxy groups -OCH3 is 2. The summed E-state index contributed by atoms with van der Waals surface area (Å²) in [6.45, 7) is 11.6. The summed E-state index contributed by atoms with van der Waals surface area (Å²) in [7, 11) is 2.98. The van der Waals surface area contributed by atoms with Crippen molar-refractivity contribution in [1.29, 1.82) is 0 Å². The molecule has 15 heteroatoms. The second-order valence-corrected chi connectivity index (χ2v) is 16.5. The molecule has 2 bridgehead atoms. The lowest BCUT2D eigenvalue weighted by molar-refractivity contribution is -0.160. The molecule has 3 aromatic rings. The fraction of sp³-hybridized carbons (Fsp3) is 0.489. The molecule has 0 radical (unpaired) electrons. The number of hydrazone groups is 1. The average molecular weight is 854 g/mol. The van der Waals surface area contributed by atoms with Crippen LogP contribution in [0, 0.1) is 35.5 Å². The number of nitrogens with zero attached hydrogens (tertiary/aromatic N) is 4. The molecule has 15 nitrogen and oxygen atoms in total. The number of anilines is 1. The Kier molecular flexibility index (Phi) is 14.8. The SMILES string of the molecule is COC1C#CC(O)=c2c(O)c3c4c(nc5ccc(/C=N/N6CCCCC6)cn54)c2=C1CO/C=C/[C@H](OC)[C@@H](C)[C@@H](OC(C)=O)[C@H](C)[C@H](O)[C@H](C)[C@@H](O)[C@@H](C)/C=C/C=C(/C)C(=O)N3. The van der Waals surface area contributed by atoms with Crippen LogP contribution in [-0.2, 0) is 28.5 Å². The summed E-state index contributed by atoms with van der Waals surface area (Å²) in [5.74, 6) is 1.42. The molecule has 0 saturated carbocycles. The molecule has 6 rings (SSSR count). The van der Waals surface area contributed by atoms with Crippen molar-refractivity contribution in [2.24, 2.45) is 28.8 Å². The number of piperidine rings is 1. The number of ether oxygens (including phenoxy) is 4. The average Bonchev–Trinajstić information content (AvgIpc) is 3.57. The van der Waals surface area contributed by atoms with Crippen LogP contribution in [-0.4, -0.2) is 117 Å². The largest absolute Gasteiger partial charge is 0.505 e. The number of aromatic hydroxyl groups is 1. The van der Waals surface area contributed by atoms with Crippen molar-refractivity contribution in [2.45, 2.75) is 91.3 Å². The number of imidazole rings is 1. The maximum absolute atomic E-state index is 14.0. The molecular formula is C47H59N5O10. The van der Waals surface area contributed by atoms with Gasteiger partial charge >= 0.3 is 5.97 Å². The van der Waals surface area contributed by atoms with Crippen LogP contribution in [0.2, 0.25) is 0 Å². The molecule has 5 N–H and O–H groups in total. The summed E-state index contributed by atoms with van der Waals surface area (Å²) < 4.78 is 25.4. The molecule has 332 valence electrons. The fourth-order valence-electron chi connectivity index (χ4n) is 8.53. The van der Waals surface area contributed by atoms with Crippen LogP contribution >= 0.6 is 0 Å². The number of hydrogen-bond donors (Lipinski definition) is 5. The fourth-order valence-corrected chi connectivity index (χ4v) is 8.53. The number of pyridine rings is 1. The number of aromatic nitrogens is 2. The van der Waals surface area contributed by atoms with Gasteiger partial charge in [-0.1, -0.05) is 51.8 Å². The highest BCUT2D eigenvalue weighted by atomic mass is 16.5. The van der Waals surface area contributed by atoms with Gasteiger partial charge < -0.3 is 44.7 Å². The van der Waals surface area contributed by atoms with Crippen LogP contribution in [0.3, 0.4) is 0 Å². The summed E-state index contributed by atoms with van der Waals surface area (Å²) in [6.07, 6.45) is 10.5. The van der Waals surface area contributed by atoms with Crippen molar-refractivity contribution in [3.05, 3.63) is 70.5 Å². The van der Waals surface area contributed by atoms with Gasteiger partial charge in [0.05, 0.1) is 36.0 Å². The van der Waals surface area contributed by atoms with E-state index in [-0.39, 0.29) is 23.1 Å². The van der Waals surface area contributed by atoms with Crippen molar-refractivity contribution in [3.8, 4) is 17.6 Å². The molecule has 2 aromatic heterocycles. The Hall–Kier alpha value is -5.66. The third-order valence-corrected chi connectivity index (χ3v) is 12.2. The molecule has 9 atom stereocenters. The first-order valence-corrected chi connectivity index (χ1v) is 21.1. The summed E-state index contributed by atoms with van der Waals surface area (Å²) in [6, 6.07) is 3.69. The van der Waals surface area contributed by atoms with Gasteiger partial charge in [-0.3, -0.25) is 19.0 Å². The highest BCUT2D eigenvalue weighted by Crippen LogP contribution is 2.33. The number of amides is 1. The maximum atomic E-state index is 14.0. The number of esters is 1. The van der Waals surface area contributed by atoms with Gasteiger partial charge in [0.1, 0.15) is 41.2 Å². The Bertz CT molecular complexity index is 2470. The molecule has 62 heavy (non-hydrogen) atoms.